The van der Waals surface area contributed by atoms with E-state index in [1.165, 1.54) is 5.56 Å². The van der Waals surface area contributed by atoms with Crippen molar-refractivity contribution in [2.75, 3.05) is 37.4 Å². The number of nitrogens with one attached hydrogen (secondary N) is 1. The van der Waals surface area contributed by atoms with Crippen LogP contribution in [0.15, 0.2) is 53.1 Å². The van der Waals surface area contributed by atoms with E-state index in [0.29, 0.717) is 5.75 Å². The molecule has 6 nitrogen and oxygen atoms in total. The maximum Gasteiger partial charge on any atom is 0.234 e. The Morgan fingerprint density at radius 3 is 2.79 bits per heavy atom. The number of hydrogen-bond acceptors (Lipinski definition) is 6. The number of nitrogens with zero attached hydrogens (tertiary/aromatic N) is 2. The van der Waals surface area contributed by atoms with Gasteiger partial charge in [0.25, 0.3) is 0 Å². The summed E-state index contributed by atoms with van der Waals surface area (Å²) in [5.41, 5.74) is 3.62. The lowest BCUT2D eigenvalue weighted by atomic mass is 10.2. The molecule has 0 aliphatic carbocycles. The number of morpholine rings is 1. The molecule has 28 heavy (non-hydrogen) atoms. The number of rotatable bonds is 7. The first-order chi connectivity index (χ1) is 13.8. The van der Waals surface area contributed by atoms with Crippen LogP contribution in [0.1, 0.15) is 11.3 Å². The standard InChI is InChI=1S/C21H23N3O3S/c25-21(15-28-14-16-4-2-1-3-5-16)22-17-6-7-20-18(12-17)19(23-27-20)13-24-8-10-26-11-9-24/h1-7,12H,8-11,13-15H2,(H,22,25). The molecule has 0 spiro atoms. The lowest BCUT2D eigenvalue weighted by Gasteiger charge is -2.25. The molecular formula is C21H23N3O3S. The summed E-state index contributed by atoms with van der Waals surface area (Å²) in [6, 6.07) is 15.8. The number of aromatic nitrogens is 1. The molecule has 146 valence electrons. The van der Waals surface area contributed by atoms with Crippen LogP contribution in [0.25, 0.3) is 11.0 Å². The Bertz CT molecular complexity index is 923. The van der Waals surface area contributed by atoms with Gasteiger partial charge >= 0.3 is 0 Å². The van der Waals surface area contributed by atoms with Crippen LogP contribution in [-0.2, 0) is 21.8 Å². The van der Waals surface area contributed by atoms with Gasteiger partial charge in [0.15, 0.2) is 5.58 Å². The summed E-state index contributed by atoms with van der Waals surface area (Å²) in [5.74, 6) is 1.23. The lowest BCUT2D eigenvalue weighted by Crippen LogP contribution is -2.35. The van der Waals surface area contributed by atoms with Crippen molar-refractivity contribution in [3.05, 3.63) is 59.8 Å². The van der Waals surface area contributed by atoms with Gasteiger partial charge in [-0.1, -0.05) is 35.5 Å². The van der Waals surface area contributed by atoms with Crippen molar-refractivity contribution < 1.29 is 14.1 Å². The van der Waals surface area contributed by atoms with E-state index < -0.39 is 0 Å². The molecule has 7 heteroatoms. The van der Waals surface area contributed by atoms with Crippen LogP contribution < -0.4 is 5.32 Å². The Morgan fingerprint density at radius 1 is 1.14 bits per heavy atom. The maximum atomic E-state index is 12.3. The van der Waals surface area contributed by atoms with Gasteiger partial charge in [-0.3, -0.25) is 9.69 Å². The van der Waals surface area contributed by atoms with Crippen LogP contribution in [0, 0.1) is 0 Å². The molecule has 4 rings (SSSR count). The first kappa shape index (κ1) is 19.0. The Labute approximate surface area is 168 Å². The summed E-state index contributed by atoms with van der Waals surface area (Å²) in [6.07, 6.45) is 0. The average molecular weight is 398 g/mol. The summed E-state index contributed by atoms with van der Waals surface area (Å²) >= 11 is 1.60. The topological polar surface area (TPSA) is 67.6 Å². The van der Waals surface area contributed by atoms with Crippen LogP contribution in [0.2, 0.25) is 0 Å². The fraction of sp³-hybridized carbons (Fsp3) is 0.333. The SMILES string of the molecule is O=C(CSCc1ccccc1)Nc1ccc2onc(CN3CCOCC3)c2c1. The molecule has 0 radical (unpaired) electrons. The van der Waals surface area contributed by atoms with Crippen LogP contribution >= 0.6 is 11.8 Å². The van der Waals surface area contributed by atoms with Gasteiger partial charge in [-0.05, 0) is 23.8 Å². The molecule has 1 amide bonds. The third kappa shape index (κ3) is 4.92. The number of carbonyl (C=O) groups is 1. The highest BCUT2D eigenvalue weighted by molar-refractivity contribution is 7.99. The van der Waals surface area contributed by atoms with Gasteiger partial charge in [0.1, 0.15) is 5.69 Å². The van der Waals surface area contributed by atoms with Gasteiger partial charge in [0, 0.05) is 36.5 Å². The summed E-state index contributed by atoms with van der Waals surface area (Å²) in [5, 5.41) is 8.14. The number of thioether (sulfide) groups is 1. The summed E-state index contributed by atoms with van der Waals surface area (Å²) < 4.78 is 10.8. The molecular weight excluding hydrogens is 374 g/mol. The fourth-order valence-electron chi connectivity index (χ4n) is 3.18. The van der Waals surface area contributed by atoms with Crippen LogP contribution in [0.3, 0.4) is 0 Å². The zero-order chi connectivity index (χ0) is 19.2. The first-order valence-electron chi connectivity index (χ1n) is 9.38. The lowest BCUT2D eigenvalue weighted by molar-refractivity contribution is -0.113. The molecule has 3 aromatic rings. The second kappa shape index (κ2) is 9.23. The zero-order valence-corrected chi connectivity index (χ0v) is 16.4. The van der Waals surface area contributed by atoms with Crippen molar-refractivity contribution in [2.24, 2.45) is 0 Å². The normalized spacial score (nSPS) is 15.0. The Kier molecular flexibility index (Phi) is 6.26. The van der Waals surface area contributed by atoms with E-state index in [-0.39, 0.29) is 5.91 Å². The number of amides is 1. The minimum atomic E-state index is -0.00790. The van der Waals surface area contributed by atoms with E-state index in [0.717, 1.165) is 61.0 Å². The predicted molar refractivity (Wildman–Crippen MR) is 111 cm³/mol. The fourth-order valence-corrected chi connectivity index (χ4v) is 3.97. The predicted octanol–water partition coefficient (Wildman–Crippen LogP) is 3.53. The van der Waals surface area contributed by atoms with Crippen LogP contribution in [0.4, 0.5) is 5.69 Å². The van der Waals surface area contributed by atoms with Gasteiger partial charge < -0.3 is 14.6 Å². The van der Waals surface area contributed by atoms with Crippen LogP contribution in [0.5, 0.6) is 0 Å². The Balaban J connectivity index is 1.35. The second-order valence-corrected chi connectivity index (χ2v) is 7.74. The van der Waals surface area contributed by atoms with Gasteiger partial charge in [0.05, 0.1) is 19.0 Å². The minimum Gasteiger partial charge on any atom is -0.379 e. The monoisotopic (exact) mass is 397 g/mol. The number of fused-ring (bicyclic) bond motifs is 1. The molecule has 1 N–H and O–H groups in total. The summed E-state index contributed by atoms with van der Waals surface area (Å²) in [7, 11) is 0. The van der Waals surface area contributed by atoms with E-state index in [1.54, 1.807) is 11.8 Å². The van der Waals surface area contributed by atoms with Crippen molar-refractivity contribution in [1.29, 1.82) is 0 Å². The number of benzene rings is 2. The van der Waals surface area contributed by atoms with Gasteiger partial charge in [0.2, 0.25) is 5.91 Å². The summed E-state index contributed by atoms with van der Waals surface area (Å²) in [4.78, 5) is 14.6. The second-order valence-electron chi connectivity index (χ2n) is 6.76. The number of ether oxygens (including phenoxy) is 1. The van der Waals surface area contributed by atoms with E-state index in [2.05, 4.69) is 27.5 Å². The highest BCUT2D eigenvalue weighted by Crippen LogP contribution is 2.24. The Hall–Kier alpha value is -2.35. The van der Waals surface area contributed by atoms with E-state index in [9.17, 15) is 4.79 Å². The quantitative estimate of drug-likeness (QED) is 0.658. The molecule has 0 bridgehead atoms. The average Bonchev–Trinajstić information content (AvgIpc) is 3.12. The maximum absolute atomic E-state index is 12.3. The third-order valence-electron chi connectivity index (χ3n) is 4.65. The van der Waals surface area contributed by atoms with Crippen LogP contribution in [-0.4, -0.2) is 48.0 Å². The van der Waals surface area contributed by atoms with Crippen molar-refractivity contribution in [1.82, 2.24) is 10.1 Å². The molecule has 1 aliphatic heterocycles. The highest BCUT2D eigenvalue weighted by atomic mass is 32.2. The molecule has 1 fully saturated rings. The van der Waals surface area contributed by atoms with Gasteiger partial charge in [-0.2, -0.15) is 0 Å². The molecule has 1 saturated heterocycles. The largest absolute Gasteiger partial charge is 0.379 e. The van der Waals surface area contributed by atoms with Gasteiger partial charge in [-0.15, -0.1) is 11.8 Å². The molecule has 1 aromatic heterocycles. The molecule has 0 saturated carbocycles. The smallest absolute Gasteiger partial charge is 0.234 e. The molecule has 0 unspecified atom stereocenters. The number of carbonyl (C=O) groups excluding carboxylic acids is 1. The first-order valence-corrected chi connectivity index (χ1v) is 10.5. The van der Waals surface area contributed by atoms with Crippen molar-refractivity contribution in [3.63, 3.8) is 0 Å². The number of anilines is 1. The van der Waals surface area contributed by atoms with E-state index >= 15 is 0 Å². The molecule has 2 heterocycles. The van der Waals surface area contributed by atoms with E-state index in [1.807, 2.05) is 36.4 Å². The molecule has 0 atom stereocenters. The minimum absolute atomic E-state index is 0.00790. The Morgan fingerprint density at radius 2 is 1.96 bits per heavy atom. The number of hydrogen-bond donors (Lipinski definition) is 1. The summed E-state index contributed by atoms with van der Waals surface area (Å²) in [6.45, 7) is 4.00. The van der Waals surface area contributed by atoms with E-state index in [4.69, 9.17) is 9.26 Å². The highest BCUT2D eigenvalue weighted by Gasteiger charge is 2.16. The molecule has 1 aliphatic rings. The molecule has 2 aromatic carbocycles. The third-order valence-corrected chi connectivity index (χ3v) is 5.65. The van der Waals surface area contributed by atoms with Crippen molar-refractivity contribution >= 4 is 34.3 Å². The van der Waals surface area contributed by atoms with Crippen molar-refractivity contribution in [2.45, 2.75) is 12.3 Å². The zero-order valence-electron chi connectivity index (χ0n) is 15.6. The van der Waals surface area contributed by atoms with Gasteiger partial charge in [-0.25, -0.2) is 0 Å². The van der Waals surface area contributed by atoms with Crippen molar-refractivity contribution in [3.8, 4) is 0 Å².